The zero-order valence-electron chi connectivity index (χ0n) is 16.4. The lowest BCUT2D eigenvalue weighted by Gasteiger charge is -2.36. The molecular weight excluding hydrogens is 364 g/mol. The molecule has 1 aliphatic heterocycles. The second-order valence-corrected chi connectivity index (χ2v) is 7.04. The SMILES string of the molecule is COCC(=O)N[C@@H]1CN(C(=O)CCc2c(C)nc3ncnn3c2C)CC[C@@H]1O. The highest BCUT2D eigenvalue weighted by Gasteiger charge is 2.31. The number of fused-ring (bicyclic) bond motifs is 1. The van der Waals surface area contributed by atoms with E-state index in [1.807, 2.05) is 13.8 Å². The van der Waals surface area contributed by atoms with Crippen molar-refractivity contribution in [1.29, 1.82) is 0 Å². The molecule has 10 nitrogen and oxygen atoms in total. The number of aliphatic hydroxyl groups is 1. The van der Waals surface area contributed by atoms with E-state index >= 15 is 0 Å². The van der Waals surface area contributed by atoms with Gasteiger partial charge >= 0.3 is 0 Å². The number of aromatic nitrogens is 4. The predicted molar refractivity (Wildman–Crippen MR) is 99.6 cm³/mol. The highest BCUT2D eigenvalue weighted by Crippen LogP contribution is 2.17. The van der Waals surface area contributed by atoms with Crippen molar-refractivity contribution >= 4 is 17.6 Å². The lowest BCUT2D eigenvalue weighted by atomic mass is 10.0. The number of nitrogens with zero attached hydrogens (tertiary/aromatic N) is 5. The maximum Gasteiger partial charge on any atom is 0.252 e. The summed E-state index contributed by atoms with van der Waals surface area (Å²) in [5.74, 6) is 0.222. The summed E-state index contributed by atoms with van der Waals surface area (Å²) in [5.41, 5.74) is 2.74. The number of likely N-dealkylation sites (tertiary alicyclic amines) is 1. The first kappa shape index (κ1) is 20.2. The fraction of sp³-hybridized carbons (Fsp3) is 0.611. The third kappa shape index (κ3) is 4.28. The second kappa shape index (κ2) is 8.61. The lowest BCUT2D eigenvalue weighted by molar-refractivity contribution is -0.136. The summed E-state index contributed by atoms with van der Waals surface area (Å²) in [5, 5.41) is 17.0. The van der Waals surface area contributed by atoms with Gasteiger partial charge in [0.2, 0.25) is 11.8 Å². The Hall–Kier alpha value is -2.59. The van der Waals surface area contributed by atoms with Crippen molar-refractivity contribution in [2.45, 2.75) is 45.3 Å². The van der Waals surface area contributed by atoms with Crippen molar-refractivity contribution in [3.63, 3.8) is 0 Å². The average molecular weight is 390 g/mol. The molecule has 2 atom stereocenters. The quantitative estimate of drug-likeness (QED) is 0.675. The van der Waals surface area contributed by atoms with Crippen LogP contribution in [0.25, 0.3) is 5.78 Å². The van der Waals surface area contributed by atoms with Crippen molar-refractivity contribution in [2.24, 2.45) is 0 Å². The Morgan fingerprint density at radius 3 is 2.93 bits per heavy atom. The van der Waals surface area contributed by atoms with Gasteiger partial charge in [0.05, 0.1) is 12.1 Å². The van der Waals surface area contributed by atoms with E-state index in [-0.39, 0.29) is 25.0 Å². The molecule has 3 rings (SSSR count). The topological polar surface area (TPSA) is 122 Å². The fourth-order valence-electron chi connectivity index (χ4n) is 3.59. The number of hydrogen-bond acceptors (Lipinski definition) is 7. The number of amides is 2. The van der Waals surface area contributed by atoms with E-state index in [0.717, 1.165) is 17.0 Å². The maximum absolute atomic E-state index is 12.7. The molecule has 0 unspecified atom stereocenters. The number of nitrogens with one attached hydrogen (secondary N) is 1. The van der Waals surface area contributed by atoms with Crippen LogP contribution in [0.3, 0.4) is 0 Å². The molecule has 0 aromatic carbocycles. The molecule has 1 aliphatic rings. The molecule has 2 aromatic heterocycles. The summed E-state index contributed by atoms with van der Waals surface area (Å²) in [6, 6.07) is -0.489. The number of rotatable bonds is 6. The maximum atomic E-state index is 12.7. The Bertz CT molecular complexity index is 867. The van der Waals surface area contributed by atoms with E-state index < -0.39 is 12.1 Å². The van der Waals surface area contributed by atoms with Crippen LogP contribution >= 0.6 is 0 Å². The van der Waals surface area contributed by atoms with Crippen molar-refractivity contribution in [1.82, 2.24) is 29.8 Å². The van der Waals surface area contributed by atoms with Crippen LogP contribution in [0.1, 0.15) is 29.8 Å². The van der Waals surface area contributed by atoms with Crippen LogP contribution in [0, 0.1) is 13.8 Å². The van der Waals surface area contributed by atoms with Gasteiger partial charge < -0.3 is 20.1 Å². The zero-order chi connectivity index (χ0) is 20.3. The second-order valence-electron chi connectivity index (χ2n) is 7.04. The summed E-state index contributed by atoms with van der Waals surface area (Å²) < 4.78 is 6.47. The van der Waals surface area contributed by atoms with Crippen LogP contribution < -0.4 is 5.32 Å². The lowest BCUT2D eigenvalue weighted by Crippen LogP contribution is -2.56. The minimum absolute atomic E-state index is 0.0182. The van der Waals surface area contributed by atoms with Crippen LogP contribution in [-0.4, -0.2) is 80.4 Å². The van der Waals surface area contributed by atoms with Gasteiger partial charge in [-0.3, -0.25) is 9.59 Å². The molecule has 0 aliphatic carbocycles. The van der Waals surface area contributed by atoms with Gasteiger partial charge in [-0.05, 0) is 32.3 Å². The van der Waals surface area contributed by atoms with Crippen LogP contribution in [-0.2, 0) is 20.7 Å². The molecule has 2 N–H and O–H groups in total. The zero-order valence-corrected chi connectivity index (χ0v) is 16.4. The van der Waals surface area contributed by atoms with E-state index in [1.54, 1.807) is 9.42 Å². The minimum Gasteiger partial charge on any atom is -0.391 e. The summed E-state index contributed by atoms with van der Waals surface area (Å²) in [7, 11) is 1.43. The number of aryl methyl sites for hydroxylation is 2. The van der Waals surface area contributed by atoms with Gasteiger partial charge in [0, 0.05) is 38.0 Å². The molecule has 1 saturated heterocycles. The van der Waals surface area contributed by atoms with Crippen LogP contribution in [0.15, 0.2) is 6.33 Å². The standard InChI is InChI=1S/C18H26N6O4/c1-11-13(12(2)24-18(21-11)19-10-20-24)4-5-17(27)23-7-6-15(25)14(8-23)22-16(26)9-28-3/h10,14-15,25H,4-9H2,1-3H3,(H,22,26)/t14-,15+/m1/s1. The smallest absolute Gasteiger partial charge is 0.252 e. The Morgan fingerprint density at radius 2 is 2.18 bits per heavy atom. The van der Waals surface area contributed by atoms with Gasteiger partial charge in [-0.1, -0.05) is 0 Å². The first-order valence-corrected chi connectivity index (χ1v) is 9.30. The summed E-state index contributed by atoms with van der Waals surface area (Å²) in [4.78, 5) is 34.7. The highest BCUT2D eigenvalue weighted by atomic mass is 16.5. The molecule has 0 bridgehead atoms. The molecule has 28 heavy (non-hydrogen) atoms. The summed E-state index contributed by atoms with van der Waals surface area (Å²) in [6.45, 7) is 4.52. The molecule has 0 radical (unpaired) electrons. The van der Waals surface area contributed by atoms with Gasteiger partial charge in [0.15, 0.2) is 0 Å². The van der Waals surface area contributed by atoms with Crippen molar-refractivity contribution in [2.75, 3.05) is 26.8 Å². The molecule has 3 heterocycles. The van der Waals surface area contributed by atoms with Crippen molar-refractivity contribution < 1.29 is 19.4 Å². The monoisotopic (exact) mass is 390 g/mol. The predicted octanol–water partition coefficient (Wildman–Crippen LogP) is -0.602. The summed E-state index contributed by atoms with van der Waals surface area (Å²) >= 11 is 0. The molecule has 0 saturated carbocycles. The minimum atomic E-state index is -0.673. The number of carbonyl (C=O) groups is 2. The number of methoxy groups -OCH3 is 1. The normalized spacial score (nSPS) is 19.8. The van der Waals surface area contributed by atoms with Crippen LogP contribution in [0.2, 0.25) is 0 Å². The molecule has 2 aromatic rings. The Balaban J connectivity index is 1.62. The number of carbonyl (C=O) groups excluding carboxylic acids is 2. The molecule has 10 heteroatoms. The molecule has 1 fully saturated rings. The van der Waals surface area contributed by atoms with E-state index in [2.05, 4.69) is 20.4 Å². The molecule has 2 amide bonds. The number of hydrogen-bond donors (Lipinski definition) is 2. The first-order chi connectivity index (χ1) is 13.4. The molecular formula is C18H26N6O4. The van der Waals surface area contributed by atoms with E-state index in [0.29, 0.717) is 31.6 Å². The van der Waals surface area contributed by atoms with Gasteiger partial charge in [-0.15, -0.1) is 0 Å². The average Bonchev–Trinajstić information content (AvgIpc) is 3.12. The van der Waals surface area contributed by atoms with E-state index in [4.69, 9.17) is 4.74 Å². The van der Waals surface area contributed by atoms with Gasteiger partial charge in [0.1, 0.15) is 12.9 Å². The van der Waals surface area contributed by atoms with Crippen molar-refractivity contribution in [3.05, 3.63) is 23.3 Å². The number of aliphatic hydroxyl groups excluding tert-OH is 1. The first-order valence-electron chi connectivity index (χ1n) is 9.30. The van der Waals surface area contributed by atoms with Crippen LogP contribution in [0.5, 0.6) is 0 Å². The number of ether oxygens (including phenoxy) is 1. The Labute approximate surface area is 162 Å². The molecule has 152 valence electrons. The molecule has 0 spiro atoms. The van der Waals surface area contributed by atoms with Crippen LogP contribution in [0.4, 0.5) is 0 Å². The third-order valence-corrected chi connectivity index (χ3v) is 5.13. The Morgan fingerprint density at radius 1 is 1.39 bits per heavy atom. The highest BCUT2D eigenvalue weighted by molar-refractivity contribution is 5.78. The van der Waals surface area contributed by atoms with Gasteiger partial charge in [-0.25, -0.2) is 9.50 Å². The number of piperidine rings is 1. The Kier molecular flexibility index (Phi) is 6.20. The van der Waals surface area contributed by atoms with Crippen molar-refractivity contribution in [3.8, 4) is 0 Å². The fourth-order valence-corrected chi connectivity index (χ4v) is 3.59. The van der Waals surface area contributed by atoms with E-state index in [9.17, 15) is 14.7 Å². The summed E-state index contributed by atoms with van der Waals surface area (Å²) in [6.07, 6.45) is 2.07. The largest absolute Gasteiger partial charge is 0.391 e. The van der Waals surface area contributed by atoms with Gasteiger partial charge in [0.25, 0.3) is 5.78 Å². The van der Waals surface area contributed by atoms with E-state index in [1.165, 1.54) is 13.4 Å². The van der Waals surface area contributed by atoms with Gasteiger partial charge in [-0.2, -0.15) is 10.1 Å². The third-order valence-electron chi connectivity index (χ3n) is 5.13.